The van der Waals surface area contributed by atoms with E-state index in [-0.39, 0.29) is 18.8 Å². The van der Waals surface area contributed by atoms with Gasteiger partial charge < -0.3 is 19.8 Å². The maximum absolute atomic E-state index is 11.8. The number of quaternary nitrogens is 1. The van der Waals surface area contributed by atoms with Crippen molar-refractivity contribution in [3.63, 3.8) is 0 Å². The number of nitrogens with zero attached hydrogens (tertiary/aromatic N) is 2. The van der Waals surface area contributed by atoms with E-state index in [1.807, 2.05) is 24.3 Å². The Morgan fingerprint density at radius 3 is 2.74 bits per heavy atom. The predicted octanol–water partition coefficient (Wildman–Crippen LogP) is 2.50. The molecule has 1 heterocycles. The summed E-state index contributed by atoms with van der Waals surface area (Å²) < 4.78 is 10.9. The molecule has 1 aromatic heterocycles. The average molecular weight is 479 g/mol. The van der Waals surface area contributed by atoms with Gasteiger partial charge >= 0.3 is 6.09 Å². The van der Waals surface area contributed by atoms with Gasteiger partial charge in [0.2, 0.25) is 0 Å². The van der Waals surface area contributed by atoms with Gasteiger partial charge in [-0.05, 0) is 43.7 Å². The molecule has 11 heteroatoms. The molecule has 0 saturated heterocycles. The van der Waals surface area contributed by atoms with E-state index in [0.717, 1.165) is 22.8 Å². The van der Waals surface area contributed by atoms with Gasteiger partial charge in [-0.1, -0.05) is 12.1 Å². The molecule has 2 aromatic carbocycles. The number of carbonyl (C=O) groups is 1. The summed E-state index contributed by atoms with van der Waals surface area (Å²) in [6, 6.07) is 14.8. The van der Waals surface area contributed by atoms with Crippen molar-refractivity contribution < 1.29 is 24.4 Å². The highest BCUT2D eigenvalue weighted by Crippen LogP contribution is 2.32. The van der Waals surface area contributed by atoms with Crippen molar-refractivity contribution in [3.05, 3.63) is 48.0 Å². The number of hydrogen-bond donors (Lipinski definition) is 5. The summed E-state index contributed by atoms with van der Waals surface area (Å²) in [7, 11) is 0. The lowest BCUT2D eigenvalue weighted by Crippen LogP contribution is -2.85. The van der Waals surface area contributed by atoms with Gasteiger partial charge in [0.25, 0.3) is 0 Å². The first-order chi connectivity index (χ1) is 16.9. The number of nitriles is 1. The standard InChI is InChI=1S/C24H27N7O4/c1-15(2)34-24(32)30-17-5-3-16(4-6-17)23-21(10-25)20-8-7-18(9-22(20)31-23)33-12-19(35-27)11-28-14-29-13-26/h3-9,13-15,19,31H,11-12,27H2,1-2H3,(H,30,32)(H2,26,28,29)/p+1. The zero-order valence-electron chi connectivity index (χ0n) is 19.4. The number of nitrogens with two attached hydrogens (primary N) is 2. The van der Waals surface area contributed by atoms with Crippen LogP contribution in [0.5, 0.6) is 5.75 Å². The van der Waals surface area contributed by atoms with Gasteiger partial charge in [0.1, 0.15) is 31.3 Å². The van der Waals surface area contributed by atoms with Crippen LogP contribution in [0.2, 0.25) is 0 Å². The van der Waals surface area contributed by atoms with E-state index in [1.54, 1.807) is 37.4 Å². The Labute approximate surface area is 202 Å². The fourth-order valence-corrected chi connectivity index (χ4v) is 3.35. The van der Waals surface area contributed by atoms with Crippen molar-refractivity contribution in [2.24, 2.45) is 10.9 Å². The van der Waals surface area contributed by atoms with Crippen LogP contribution in [0.3, 0.4) is 0 Å². The molecule has 1 atom stereocenters. The van der Waals surface area contributed by atoms with E-state index in [1.165, 1.54) is 6.34 Å². The van der Waals surface area contributed by atoms with Crippen LogP contribution in [0, 0.1) is 16.7 Å². The van der Waals surface area contributed by atoms with Crippen LogP contribution < -0.4 is 21.3 Å². The largest absolute Gasteiger partial charge is 0.490 e. The van der Waals surface area contributed by atoms with Gasteiger partial charge in [-0.15, -0.1) is 0 Å². The van der Waals surface area contributed by atoms with Crippen LogP contribution in [-0.4, -0.2) is 49.1 Å². The minimum atomic E-state index is -0.525. The number of carbonyl (C=O) groups excluding carboxylic acids is 1. The lowest BCUT2D eigenvalue weighted by Gasteiger charge is -2.13. The molecule has 11 nitrogen and oxygen atoms in total. The highest BCUT2D eigenvalue weighted by molar-refractivity contribution is 5.94. The summed E-state index contributed by atoms with van der Waals surface area (Å²) >= 11 is 0. The molecule has 3 rings (SSSR count). The van der Waals surface area contributed by atoms with Crippen molar-refractivity contribution in [1.82, 2.24) is 4.98 Å². The Morgan fingerprint density at radius 2 is 2.09 bits per heavy atom. The number of aliphatic imine (C=N–C) groups is 1. The maximum atomic E-state index is 11.8. The second-order valence-electron chi connectivity index (χ2n) is 7.82. The molecule has 0 radical (unpaired) electrons. The van der Waals surface area contributed by atoms with Crippen LogP contribution >= 0.6 is 0 Å². The monoisotopic (exact) mass is 478 g/mol. The molecule has 35 heavy (non-hydrogen) atoms. The van der Waals surface area contributed by atoms with Crippen LogP contribution in [0.4, 0.5) is 10.5 Å². The molecule has 0 fully saturated rings. The summed E-state index contributed by atoms with van der Waals surface area (Å²) in [5.74, 6) is 5.94. The fourth-order valence-electron chi connectivity index (χ4n) is 3.35. The van der Waals surface area contributed by atoms with Crippen molar-refractivity contribution in [3.8, 4) is 23.1 Å². The van der Waals surface area contributed by atoms with Gasteiger partial charge in [0, 0.05) is 17.1 Å². The van der Waals surface area contributed by atoms with E-state index in [2.05, 4.69) is 21.4 Å². The van der Waals surface area contributed by atoms with Gasteiger partial charge in [-0.25, -0.2) is 10.7 Å². The van der Waals surface area contributed by atoms with Gasteiger partial charge in [-0.2, -0.15) is 10.3 Å². The lowest BCUT2D eigenvalue weighted by atomic mass is 10.1. The van der Waals surface area contributed by atoms with Crippen LogP contribution in [-0.2, 0) is 9.57 Å². The van der Waals surface area contributed by atoms with Crippen molar-refractivity contribution in [2.75, 3.05) is 18.5 Å². The third-order valence-corrected chi connectivity index (χ3v) is 4.94. The van der Waals surface area contributed by atoms with E-state index >= 15 is 0 Å². The highest BCUT2D eigenvalue weighted by Gasteiger charge is 2.16. The zero-order chi connectivity index (χ0) is 25.2. The van der Waals surface area contributed by atoms with E-state index < -0.39 is 6.09 Å². The topological polar surface area (TPSA) is 175 Å². The second-order valence-corrected chi connectivity index (χ2v) is 7.82. The summed E-state index contributed by atoms with van der Waals surface area (Å²) in [5, 5.41) is 21.8. The Morgan fingerprint density at radius 1 is 1.31 bits per heavy atom. The molecule has 182 valence electrons. The molecule has 0 aliphatic rings. The third kappa shape index (κ3) is 6.87. The van der Waals surface area contributed by atoms with Crippen LogP contribution in [0.1, 0.15) is 19.4 Å². The van der Waals surface area contributed by atoms with Crippen LogP contribution in [0.15, 0.2) is 47.5 Å². The molecule has 1 amide bonds. The zero-order valence-corrected chi connectivity index (χ0v) is 19.4. The van der Waals surface area contributed by atoms with Crippen molar-refractivity contribution in [1.29, 1.82) is 10.7 Å². The maximum Gasteiger partial charge on any atom is 0.411 e. The SMILES string of the molecule is CC(C)OC(=O)Nc1ccc(-c2[nH]c3cc(OCC(C[NH2+]C=NC=N)ON)ccc3c2C#N)cc1. The van der Waals surface area contributed by atoms with E-state index in [4.69, 9.17) is 25.6 Å². The number of amides is 1. The molecular formula is C24H28N7O4+. The molecule has 3 aromatic rings. The molecule has 0 aliphatic carbocycles. The molecule has 0 bridgehead atoms. The molecule has 7 N–H and O–H groups in total. The normalized spacial score (nSPS) is 12.0. The third-order valence-electron chi connectivity index (χ3n) is 4.94. The van der Waals surface area contributed by atoms with Gasteiger partial charge in [-0.3, -0.25) is 15.6 Å². The van der Waals surface area contributed by atoms with Crippen LogP contribution in [0.25, 0.3) is 22.2 Å². The van der Waals surface area contributed by atoms with Gasteiger partial charge in [0.05, 0.1) is 22.9 Å². The second kappa shape index (κ2) is 12.3. The highest BCUT2D eigenvalue weighted by atomic mass is 16.6. The minimum absolute atomic E-state index is 0.212. The Kier molecular flexibility index (Phi) is 8.91. The Bertz CT molecular complexity index is 1230. The number of aromatic amines is 1. The molecular weight excluding hydrogens is 450 g/mol. The Hall–Kier alpha value is -4.24. The first kappa shape index (κ1) is 25.4. The fraction of sp³-hybridized carbons (Fsp3) is 0.250. The first-order valence-corrected chi connectivity index (χ1v) is 10.9. The number of H-pyrrole nitrogens is 1. The lowest BCUT2D eigenvalue weighted by molar-refractivity contribution is -0.541. The first-order valence-electron chi connectivity index (χ1n) is 10.9. The number of hydrogen-bond acceptors (Lipinski definition) is 7. The summed E-state index contributed by atoms with van der Waals surface area (Å²) in [6.45, 7) is 4.24. The average Bonchev–Trinajstić information content (AvgIpc) is 3.21. The number of fused-ring (bicyclic) bond motifs is 1. The number of nitrogens with one attached hydrogen (secondary N) is 3. The number of benzene rings is 2. The molecule has 0 aliphatic heterocycles. The number of rotatable bonds is 11. The molecule has 1 unspecified atom stereocenters. The number of aromatic nitrogens is 1. The van der Waals surface area contributed by atoms with E-state index in [0.29, 0.717) is 29.2 Å². The van der Waals surface area contributed by atoms with Gasteiger partial charge in [0.15, 0.2) is 12.4 Å². The van der Waals surface area contributed by atoms with Crippen molar-refractivity contribution in [2.45, 2.75) is 26.1 Å². The number of anilines is 1. The summed E-state index contributed by atoms with van der Waals surface area (Å²) in [4.78, 5) is 23.7. The molecule has 0 spiro atoms. The summed E-state index contributed by atoms with van der Waals surface area (Å²) in [6.07, 6.45) is 1.31. The predicted molar refractivity (Wildman–Crippen MR) is 132 cm³/mol. The summed E-state index contributed by atoms with van der Waals surface area (Å²) in [5.41, 5.74) is 3.30. The van der Waals surface area contributed by atoms with Crippen molar-refractivity contribution >= 4 is 35.4 Å². The smallest absolute Gasteiger partial charge is 0.411 e. The molecule has 0 saturated carbocycles. The number of ether oxygens (including phenoxy) is 2. The van der Waals surface area contributed by atoms with E-state index in [9.17, 15) is 10.1 Å². The minimum Gasteiger partial charge on any atom is -0.490 e. The Balaban J connectivity index is 1.74. The quantitative estimate of drug-likeness (QED) is 0.161.